The monoisotopic (exact) mass is 356 g/mol. The van der Waals surface area contributed by atoms with Crippen molar-refractivity contribution in [2.75, 3.05) is 65.4 Å². The van der Waals surface area contributed by atoms with Gasteiger partial charge in [-0.3, -0.25) is 19.4 Å². The van der Waals surface area contributed by atoms with E-state index in [4.69, 9.17) is 4.74 Å². The maximum atomic E-state index is 12.1. The first-order valence-corrected chi connectivity index (χ1v) is 8.84. The van der Waals surface area contributed by atoms with Crippen LogP contribution in [0.25, 0.3) is 0 Å². The van der Waals surface area contributed by atoms with Crippen molar-refractivity contribution in [1.82, 2.24) is 20.0 Å². The highest BCUT2D eigenvalue weighted by molar-refractivity contribution is 5.72. The molecule has 0 radical (unpaired) electrons. The standard InChI is InChI=1S/C17H32N4O4/c1-17(2,3)25-16(24)14-20-7-5-18-4-6-19(12-13-22)8-10-21(15-23)11-9-20/h13,15,18H,4-12,14H2,1-3H3. The summed E-state index contributed by atoms with van der Waals surface area (Å²) in [7, 11) is 0. The molecule has 144 valence electrons. The molecular weight excluding hydrogens is 324 g/mol. The fraction of sp³-hybridized carbons (Fsp3) is 0.824. The molecule has 1 rings (SSSR count). The van der Waals surface area contributed by atoms with Crippen LogP contribution in [0.4, 0.5) is 0 Å². The highest BCUT2D eigenvalue weighted by atomic mass is 16.6. The number of aldehydes is 1. The molecule has 1 aliphatic rings. The maximum Gasteiger partial charge on any atom is 0.320 e. The van der Waals surface area contributed by atoms with Crippen LogP contribution in [-0.2, 0) is 19.1 Å². The quantitative estimate of drug-likeness (QED) is 0.510. The minimum atomic E-state index is -0.501. The maximum absolute atomic E-state index is 12.1. The zero-order valence-corrected chi connectivity index (χ0v) is 15.7. The SMILES string of the molecule is CC(C)(C)OC(=O)CN1CCNCCN(CC=O)CCN(C=O)CC1. The molecule has 8 heteroatoms. The zero-order valence-electron chi connectivity index (χ0n) is 15.7. The first-order chi connectivity index (χ1) is 11.8. The minimum Gasteiger partial charge on any atom is -0.459 e. The lowest BCUT2D eigenvalue weighted by atomic mass is 10.2. The summed E-state index contributed by atoms with van der Waals surface area (Å²) in [5.41, 5.74) is -0.501. The summed E-state index contributed by atoms with van der Waals surface area (Å²) in [6, 6.07) is 0. The van der Waals surface area contributed by atoms with Gasteiger partial charge in [-0.15, -0.1) is 0 Å². The summed E-state index contributed by atoms with van der Waals surface area (Å²) in [4.78, 5) is 39.8. The van der Waals surface area contributed by atoms with Gasteiger partial charge < -0.3 is 19.7 Å². The third-order valence-electron chi connectivity index (χ3n) is 3.87. The van der Waals surface area contributed by atoms with Gasteiger partial charge in [0.15, 0.2) is 0 Å². The van der Waals surface area contributed by atoms with Gasteiger partial charge in [0.2, 0.25) is 6.41 Å². The molecule has 1 aliphatic heterocycles. The van der Waals surface area contributed by atoms with Gasteiger partial charge >= 0.3 is 5.97 Å². The van der Waals surface area contributed by atoms with Crippen LogP contribution in [0.5, 0.6) is 0 Å². The number of esters is 1. The fourth-order valence-electron chi connectivity index (χ4n) is 2.58. The second-order valence-corrected chi connectivity index (χ2v) is 7.22. The topological polar surface area (TPSA) is 82.2 Å². The molecule has 1 amide bonds. The molecule has 0 aromatic heterocycles. The van der Waals surface area contributed by atoms with Crippen LogP contribution >= 0.6 is 0 Å². The molecule has 0 aromatic carbocycles. The van der Waals surface area contributed by atoms with E-state index in [0.717, 1.165) is 32.3 Å². The van der Waals surface area contributed by atoms with Gasteiger partial charge in [-0.2, -0.15) is 0 Å². The van der Waals surface area contributed by atoms with E-state index in [9.17, 15) is 14.4 Å². The lowest BCUT2D eigenvalue weighted by molar-refractivity contribution is -0.156. The second-order valence-electron chi connectivity index (χ2n) is 7.22. The van der Waals surface area contributed by atoms with Gasteiger partial charge in [0.05, 0.1) is 13.1 Å². The van der Waals surface area contributed by atoms with E-state index in [2.05, 4.69) is 5.32 Å². The largest absolute Gasteiger partial charge is 0.459 e. The van der Waals surface area contributed by atoms with Crippen LogP contribution in [-0.4, -0.2) is 104 Å². The number of ether oxygens (including phenoxy) is 1. The van der Waals surface area contributed by atoms with Crippen molar-refractivity contribution in [3.8, 4) is 0 Å². The Morgan fingerprint density at radius 3 is 2.16 bits per heavy atom. The molecule has 0 saturated carbocycles. The van der Waals surface area contributed by atoms with Gasteiger partial charge in [-0.25, -0.2) is 0 Å². The molecule has 0 bridgehead atoms. The Hall–Kier alpha value is -1.51. The first-order valence-electron chi connectivity index (χ1n) is 8.84. The Bertz CT molecular complexity index is 425. The number of nitrogens with zero attached hydrogens (tertiary/aromatic N) is 3. The summed E-state index contributed by atoms with van der Waals surface area (Å²) in [5.74, 6) is -0.255. The molecule has 25 heavy (non-hydrogen) atoms. The van der Waals surface area contributed by atoms with E-state index in [1.807, 2.05) is 30.6 Å². The molecule has 0 aliphatic carbocycles. The van der Waals surface area contributed by atoms with Crippen LogP contribution in [0.1, 0.15) is 20.8 Å². The third-order valence-corrected chi connectivity index (χ3v) is 3.87. The molecule has 0 aromatic rings. The number of carbonyl (C=O) groups is 3. The van der Waals surface area contributed by atoms with Gasteiger partial charge in [-0.1, -0.05) is 0 Å². The smallest absolute Gasteiger partial charge is 0.320 e. The molecule has 0 spiro atoms. The molecule has 8 nitrogen and oxygen atoms in total. The Morgan fingerprint density at radius 2 is 1.60 bits per heavy atom. The zero-order chi connectivity index (χ0) is 18.7. The van der Waals surface area contributed by atoms with Crippen molar-refractivity contribution < 1.29 is 19.1 Å². The predicted molar refractivity (Wildman–Crippen MR) is 95.3 cm³/mol. The van der Waals surface area contributed by atoms with Gasteiger partial charge in [-0.05, 0) is 20.8 Å². The van der Waals surface area contributed by atoms with E-state index in [1.165, 1.54) is 0 Å². The average molecular weight is 356 g/mol. The molecule has 1 fully saturated rings. The van der Waals surface area contributed by atoms with Gasteiger partial charge in [0.1, 0.15) is 11.9 Å². The predicted octanol–water partition coefficient (Wildman–Crippen LogP) is -0.807. The Kier molecular flexibility index (Phi) is 9.62. The van der Waals surface area contributed by atoms with E-state index < -0.39 is 5.60 Å². The van der Waals surface area contributed by atoms with Crippen molar-refractivity contribution in [2.24, 2.45) is 0 Å². The number of amides is 1. The number of rotatable bonds is 5. The lowest BCUT2D eigenvalue weighted by Gasteiger charge is -2.29. The van der Waals surface area contributed by atoms with Crippen LogP contribution in [0.3, 0.4) is 0 Å². The van der Waals surface area contributed by atoms with Crippen molar-refractivity contribution in [1.29, 1.82) is 0 Å². The van der Waals surface area contributed by atoms with Crippen LogP contribution in [0.15, 0.2) is 0 Å². The number of carbonyl (C=O) groups excluding carboxylic acids is 3. The third kappa shape index (κ3) is 10.2. The van der Waals surface area contributed by atoms with Crippen molar-refractivity contribution in [3.05, 3.63) is 0 Å². The molecule has 0 unspecified atom stereocenters. The van der Waals surface area contributed by atoms with E-state index in [1.54, 1.807) is 4.90 Å². The fourth-order valence-corrected chi connectivity index (χ4v) is 2.58. The summed E-state index contributed by atoms with van der Waals surface area (Å²) >= 11 is 0. The molecule has 0 atom stereocenters. The van der Waals surface area contributed by atoms with E-state index in [0.29, 0.717) is 39.3 Å². The lowest BCUT2D eigenvalue weighted by Crippen LogP contribution is -2.46. The van der Waals surface area contributed by atoms with Crippen LogP contribution in [0.2, 0.25) is 0 Å². The summed E-state index contributed by atoms with van der Waals surface area (Å²) in [5, 5.41) is 3.33. The second kappa shape index (κ2) is 11.2. The Labute approximate surface area is 150 Å². The van der Waals surface area contributed by atoms with E-state index in [-0.39, 0.29) is 12.5 Å². The minimum absolute atomic E-state index is 0.211. The Balaban J connectivity index is 2.59. The average Bonchev–Trinajstić information content (AvgIpc) is 2.50. The number of hydrogen-bond acceptors (Lipinski definition) is 7. The number of hydrogen-bond donors (Lipinski definition) is 1. The van der Waals surface area contributed by atoms with Gasteiger partial charge in [0.25, 0.3) is 0 Å². The van der Waals surface area contributed by atoms with Crippen LogP contribution in [0, 0.1) is 0 Å². The molecule has 1 heterocycles. The summed E-state index contributed by atoms with van der Waals surface area (Å²) in [6.45, 7) is 11.4. The van der Waals surface area contributed by atoms with Crippen molar-refractivity contribution in [3.63, 3.8) is 0 Å². The molecule has 1 saturated heterocycles. The van der Waals surface area contributed by atoms with E-state index >= 15 is 0 Å². The van der Waals surface area contributed by atoms with Gasteiger partial charge in [0, 0.05) is 52.4 Å². The normalized spacial score (nSPS) is 19.6. The molecule has 1 N–H and O–H groups in total. The summed E-state index contributed by atoms with van der Waals surface area (Å²) < 4.78 is 5.38. The highest BCUT2D eigenvalue weighted by Crippen LogP contribution is 2.07. The highest BCUT2D eigenvalue weighted by Gasteiger charge is 2.19. The van der Waals surface area contributed by atoms with Crippen molar-refractivity contribution >= 4 is 18.7 Å². The molecular formula is C17H32N4O4. The summed E-state index contributed by atoms with van der Waals surface area (Å²) in [6.07, 6.45) is 1.72. The van der Waals surface area contributed by atoms with Crippen LogP contribution < -0.4 is 5.32 Å². The van der Waals surface area contributed by atoms with Crippen molar-refractivity contribution in [2.45, 2.75) is 26.4 Å². The number of nitrogens with one attached hydrogen (secondary N) is 1. The Morgan fingerprint density at radius 1 is 1.00 bits per heavy atom. The first kappa shape index (κ1) is 21.5.